The number of hydrogen-bond donors (Lipinski definition) is 3. The largest absolute Gasteiger partial charge is 0.406 e. The Morgan fingerprint density at radius 2 is 1.86 bits per heavy atom. The van der Waals surface area contributed by atoms with E-state index >= 15 is 0 Å². The Hall–Kier alpha value is -3.48. The third-order valence-corrected chi connectivity index (χ3v) is 6.57. The second-order valence-corrected chi connectivity index (χ2v) is 9.79. The van der Waals surface area contributed by atoms with Gasteiger partial charge in [0.25, 0.3) is 0 Å². The molecule has 1 saturated carbocycles. The van der Waals surface area contributed by atoms with Crippen LogP contribution in [0.2, 0.25) is 0 Å². The lowest BCUT2D eigenvalue weighted by molar-refractivity contribution is -0.140. The van der Waals surface area contributed by atoms with Crippen LogP contribution in [0.15, 0.2) is 18.3 Å². The van der Waals surface area contributed by atoms with E-state index in [9.17, 15) is 22.7 Å². The van der Waals surface area contributed by atoms with Crippen molar-refractivity contribution in [3.8, 4) is 11.3 Å². The van der Waals surface area contributed by atoms with Crippen molar-refractivity contribution in [1.29, 1.82) is 0 Å². The van der Waals surface area contributed by atoms with Crippen molar-refractivity contribution in [3.05, 3.63) is 30.0 Å². The molecule has 0 bridgehead atoms. The van der Waals surface area contributed by atoms with Crippen LogP contribution in [-0.2, 0) is 6.54 Å². The van der Waals surface area contributed by atoms with Crippen molar-refractivity contribution in [2.45, 2.75) is 64.8 Å². The van der Waals surface area contributed by atoms with E-state index < -0.39 is 18.5 Å². The van der Waals surface area contributed by atoms with Crippen molar-refractivity contribution in [2.75, 3.05) is 18.1 Å². The highest BCUT2D eigenvalue weighted by molar-refractivity contribution is 5.89. The number of fused-ring (bicyclic) bond motifs is 2. The Bertz CT molecular complexity index is 1420. The monoisotopic (exact) mass is 522 g/mol. The molecule has 0 unspecified atom stereocenters. The van der Waals surface area contributed by atoms with Crippen LogP contribution >= 0.6 is 0 Å². The zero-order valence-corrected chi connectivity index (χ0v) is 21.1. The van der Waals surface area contributed by atoms with Gasteiger partial charge in [-0.25, -0.2) is 18.9 Å². The maximum absolute atomic E-state index is 14.7. The average Bonchev–Trinajstić information content (AvgIpc) is 3.29. The van der Waals surface area contributed by atoms with Crippen molar-refractivity contribution in [1.82, 2.24) is 29.1 Å². The predicted molar refractivity (Wildman–Crippen MR) is 132 cm³/mol. The predicted octanol–water partition coefficient (Wildman–Crippen LogP) is 4.72. The molecule has 0 spiro atoms. The molecule has 37 heavy (non-hydrogen) atoms. The quantitative estimate of drug-likeness (QED) is 0.333. The molecule has 4 N–H and O–H groups in total. The summed E-state index contributed by atoms with van der Waals surface area (Å²) in [6.07, 6.45) is 1.05. The zero-order valence-electron chi connectivity index (χ0n) is 21.1. The molecule has 0 radical (unpaired) electrons. The van der Waals surface area contributed by atoms with E-state index in [0.717, 1.165) is 29.5 Å². The smallest absolute Gasteiger partial charge is 0.390 e. The molecule has 0 atom stereocenters. The number of nitrogen functional groups attached to an aromatic ring is 1. The minimum absolute atomic E-state index is 0.00782. The van der Waals surface area contributed by atoms with Crippen molar-refractivity contribution in [2.24, 2.45) is 5.92 Å². The molecule has 9 nitrogen and oxygen atoms in total. The number of halogens is 4. The molecule has 4 aromatic heterocycles. The number of anilines is 2. The number of nitrogens with zero attached hydrogens (tertiary/aromatic N) is 6. The molecule has 4 heterocycles. The van der Waals surface area contributed by atoms with Gasteiger partial charge in [-0.3, -0.25) is 0 Å². The number of hydrogen-bond acceptors (Lipinski definition) is 7. The number of aromatic nitrogens is 6. The van der Waals surface area contributed by atoms with Crippen molar-refractivity contribution < 1.29 is 22.7 Å². The first-order chi connectivity index (χ1) is 17.3. The topological polar surface area (TPSA) is 119 Å². The molecule has 4 aromatic rings. The van der Waals surface area contributed by atoms with E-state index in [1.807, 2.05) is 6.92 Å². The number of aryl methyl sites for hydroxylation is 1. The highest BCUT2D eigenvalue weighted by Gasteiger charge is 2.30. The van der Waals surface area contributed by atoms with Crippen LogP contribution in [0.4, 0.5) is 29.3 Å². The summed E-state index contributed by atoms with van der Waals surface area (Å²) in [5.41, 5.74) is 6.00. The third kappa shape index (κ3) is 5.76. The summed E-state index contributed by atoms with van der Waals surface area (Å²) >= 11 is 0. The Morgan fingerprint density at radius 3 is 2.46 bits per heavy atom. The van der Waals surface area contributed by atoms with Gasteiger partial charge in [0.15, 0.2) is 17.3 Å². The van der Waals surface area contributed by atoms with Crippen LogP contribution in [-0.4, -0.2) is 53.1 Å². The highest BCUT2D eigenvalue weighted by atomic mass is 19.4. The average molecular weight is 523 g/mol. The van der Waals surface area contributed by atoms with Gasteiger partial charge in [0, 0.05) is 7.05 Å². The van der Waals surface area contributed by atoms with Crippen LogP contribution in [0.25, 0.3) is 27.9 Å². The number of pyridine rings is 1. The van der Waals surface area contributed by atoms with Crippen LogP contribution in [0, 0.1) is 18.7 Å². The van der Waals surface area contributed by atoms with Gasteiger partial charge in [-0.05, 0) is 57.6 Å². The summed E-state index contributed by atoms with van der Waals surface area (Å²) in [6, 6.07) is 2.98. The Balaban J connectivity index is 0.000000301. The minimum Gasteiger partial charge on any atom is -0.390 e. The number of rotatable bonds is 3. The lowest BCUT2D eigenvalue weighted by atomic mass is 9.81. The molecule has 0 aromatic carbocycles. The van der Waals surface area contributed by atoms with Crippen LogP contribution < -0.4 is 11.1 Å². The molecule has 0 saturated heterocycles. The fourth-order valence-corrected chi connectivity index (χ4v) is 4.49. The Kier molecular flexibility index (Phi) is 7.01. The van der Waals surface area contributed by atoms with Crippen LogP contribution in [0.5, 0.6) is 0 Å². The van der Waals surface area contributed by atoms with Gasteiger partial charge >= 0.3 is 6.18 Å². The van der Waals surface area contributed by atoms with E-state index in [0.29, 0.717) is 0 Å². The van der Waals surface area contributed by atoms with Gasteiger partial charge in [-0.15, -0.1) is 5.10 Å². The second kappa shape index (κ2) is 9.77. The molecule has 13 heteroatoms. The van der Waals surface area contributed by atoms with Crippen LogP contribution in [0.1, 0.15) is 45.4 Å². The Labute approximate surface area is 210 Å². The molecule has 0 aliphatic heterocycles. The summed E-state index contributed by atoms with van der Waals surface area (Å²) in [5, 5.41) is 16.2. The summed E-state index contributed by atoms with van der Waals surface area (Å²) in [5.74, 6) is 0.521. The van der Waals surface area contributed by atoms with E-state index in [1.165, 1.54) is 36.4 Å². The van der Waals surface area contributed by atoms with Crippen LogP contribution in [0.3, 0.4) is 0 Å². The SMILES string of the molecule is CC1CCC(C)(O)CC1.CNc1nc(N)nn2cc(F)c(-c3ccc4nc(C)n(CC(F)(F)F)c4n3)c12. The summed E-state index contributed by atoms with van der Waals surface area (Å²) < 4.78 is 55.7. The normalized spacial score (nSPS) is 20.2. The van der Waals surface area contributed by atoms with Gasteiger partial charge in [0.2, 0.25) is 5.95 Å². The van der Waals surface area contributed by atoms with Gasteiger partial charge in [-0.1, -0.05) is 6.92 Å². The maximum Gasteiger partial charge on any atom is 0.406 e. The van der Waals surface area contributed by atoms with E-state index in [4.69, 9.17) is 5.73 Å². The molecule has 1 aliphatic rings. The summed E-state index contributed by atoms with van der Waals surface area (Å²) in [6.45, 7) is 4.41. The molecule has 200 valence electrons. The third-order valence-electron chi connectivity index (χ3n) is 6.57. The zero-order chi connectivity index (χ0) is 27.1. The minimum atomic E-state index is -4.45. The first-order valence-electron chi connectivity index (χ1n) is 11.9. The highest BCUT2D eigenvalue weighted by Crippen LogP contribution is 2.33. The van der Waals surface area contributed by atoms with E-state index in [1.54, 1.807) is 7.05 Å². The number of imidazole rings is 1. The Morgan fingerprint density at radius 1 is 1.19 bits per heavy atom. The molecule has 0 amide bonds. The number of alkyl halides is 3. The number of nitrogens with one attached hydrogen (secondary N) is 1. The standard InChI is InChI=1S/C16H14F4N8.C8H16O/c1-7-23-10-4-3-9(24-14(10)27(7)6-16(18,19)20)11-8(17)5-28-12(11)13(22-2)25-15(21)26-28;1-7-3-5-8(2,9)6-4-7/h3-5H,6H2,1-2H3,(H3,21,22,25,26);7,9H,3-6H2,1-2H3. The first kappa shape index (κ1) is 26.6. The lowest BCUT2D eigenvalue weighted by Crippen LogP contribution is -2.29. The van der Waals surface area contributed by atoms with Gasteiger partial charge in [-0.2, -0.15) is 18.2 Å². The second-order valence-electron chi connectivity index (χ2n) is 9.79. The molecular weight excluding hydrogens is 492 g/mol. The van der Waals surface area contributed by atoms with Crippen molar-refractivity contribution >= 4 is 28.4 Å². The lowest BCUT2D eigenvalue weighted by Gasteiger charge is -2.31. The fourth-order valence-electron chi connectivity index (χ4n) is 4.49. The van der Waals surface area contributed by atoms with Gasteiger partial charge in [0.05, 0.1) is 23.1 Å². The number of nitrogens with two attached hydrogens (primary N) is 1. The fraction of sp³-hybridized carbons (Fsp3) is 0.500. The van der Waals surface area contributed by atoms with Gasteiger partial charge < -0.3 is 20.7 Å². The molecular formula is C24H30F4N8O. The van der Waals surface area contributed by atoms with E-state index in [2.05, 4.69) is 32.3 Å². The van der Waals surface area contributed by atoms with Crippen molar-refractivity contribution in [3.63, 3.8) is 0 Å². The first-order valence-corrected chi connectivity index (χ1v) is 11.9. The van der Waals surface area contributed by atoms with Gasteiger partial charge in [0.1, 0.15) is 23.4 Å². The molecule has 1 aliphatic carbocycles. The summed E-state index contributed by atoms with van der Waals surface area (Å²) in [7, 11) is 1.58. The molecule has 5 rings (SSSR count). The maximum atomic E-state index is 14.7. The molecule has 1 fully saturated rings. The van der Waals surface area contributed by atoms with E-state index in [-0.39, 0.29) is 51.1 Å². The summed E-state index contributed by atoms with van der Waals surface area (Å²) in [4.78, 5) is 12.4. The number of aliphatic hydroxyl groups is 1.